The summed E-state index contributed by atoms with van der Waals surface area (Å²) in [6.07, 6.45) is 4.24. The molecule has 1 aromatic carbocycles. The maximum Gasteiger partial charge on any atom is 0.257 e. The Morgan fingerprint density at radius 2 is 1.96 bits per heavy atom. The number of amides is 2. The van der Waals surface area contributed by atoms with Crippen LogP contribution in [0.3, 0.4) is 0 Å². The molecule has 3 aromatic rings. The number of nitrogens with zero attached hydrogens (tertiary/aromatic N) is 2. The minimum Gasteiger partial charge on any atom is -0.352 e. The lowest BCUT2D eigenvalue weighted by Crippen LogP contribution is -2.23. The number of rotatable bonds is 7. The van der Waals surface area contributed by atoms with E-state index < -0.39 is 0 Å². The summed E-state index contributed by atoms with van der Waals surface area (Å²) in [4.78, 5) is 32.5. The highest BCUT2D eigenvalue weighted by Crippen LogP contribution is 2.18. The van der Waals surface area contributed by atoms with Crippen LogP contribution in [0.25, 0.3) is 0 Å². The normalized spacial score (nSPS) is 10.4. The molecule has 0 aliphatic carbocycles. The molecule has 138 valence electrons. The molecule has 0 atom stereocenters. The summed E-state index contributed by atoms with van der Waals surface area (Å²) in [5, 5.41) is 8.51. The largest absolute Gasteiger partial charge is 0.352 e. The van der Waals surface area contributed by atoms with E-state index in [2.05, 4.69) is 20.6 Å². The number of nitrogens with one attached hydrogen (secondary N) is 2. The van der Waals surface area contributed by atoms with Gasteiger partial charge in [-0.15, -0.1) is 11.3 Å². The first-order valence-corrected chi connectivity index (χ1v) is 9.53. The van der Waals surface area contributed by atoms with Crippen molar-refractivity contribution < 1.29 is 9.59 Å². The van der Waals surface area contributed by atoms with Crippen LogP contribution in [0.5, 0.6) is 0 Å². The van der Waals surface area contributed by atoms with Crippen LogP contribution in [-0.2, 0) is 17.8 Å². The second-order valence-electron chi connectivity index (χ2n) is 5.74. The van der Waals surface area contributed by atoms with E-state index in [0.717, 1.165) is 11.3 Å². The van der Waals surface area contributed by atoms with Crippen LogP contribution in [0.4, 0.5) is 5.13 Å². The van der Waals surface area contributed by atoms with Crippen molar-refractivity contribution in [1.82, 2.24) is 15.3 Å². The average molecular weight is 401 g/mol. The Morgan fingerprint density at radius 1 is 1.15 bits per heavy atom. The van der Waals surface area contributed by atoms with Crippen molar-refractivity contribution in [2.45, 2.75) is 19.4 Å². The van der Waals surface area contributed by atoms with E-state index in [4.69, 9.17) is 11.6 Å². The van der Waals surface area contributed by atoms with Crippen molar-refractivity contribution in [2.75, 3.05) is 5.32 Å². The van der Waals surface area contributed by atoms with E-state index in [1.807, 2.05) is 17.5 Å². The average Bonchev–Trinajstić information content (AvgIpc) is 3.13. The van der Waals surface area contributed by atoms with Gasteiger partial charge in [-0.1, -0.05) is 17.7 Å². The zero-order valence-electron chi connectivity index (χ0n) is 14.3. The van der Waals surface area contributed by atoms with Crippen LogP contribution in [0.1, 0.15) is 28.0 Å². The van der Waals surface area contributed by atoms with Crippen LogP contribution >= 0.6 is 22.9 Å². The van der Waals surface area contributed by atoms with Crippen LogP contribution in [0, 0.1) is 0 Å². The number of thiazole rings is 1. The van der Waals surface area contributed by atoms with E-state index in [9.17, 15) is 9.59 Å². The molecule has 2 heterocycles. The predicted molar refractivity (Wildman–Crippen MR) is 106 cm³/mol. The molecule has 6 nitrogen and oxygen atoms in total. The van der Waals surface area contributed by atoms with Gasteiger partial charge in [0.1, 0.15) is 0 Å². The van der Waals surface area contributed by atoms with Crippen molar-refractivity contribution in [3.63, 3.8) is 0 Å². The van der Waals surface area contributed by atoms with Crippen molar-refractivity contribution in [3.05, 3.63) is 76.0 Å². The first-order valence-electron chi connectivity index (χ1n) is 8.27. The van der Waals surface area contributed by atoms with Gasteiger partial charge in [-0.2, -0.15) is 0 Å². The summed E-state index contributed by atoms with van der Waals surface area (Å²) in [6.45, 7) is 0.451. The number of benzene rings is 1. The Labute approximate surface area is 165 Å². The van der Waals surface area contributed by atoms with Gasteiger partial charge < -0.3 is 5.32 Å². The zero-order valence-corrected chi connectivity index (χ0v) is 15.9. The molecule has 0 fully saturated rings. The molecule has 0 saturated heterocycles. The zero-order chi connectivity index (χ0) is 19.1. The Morgan fingerprint density at radius 3 is 2.70 bits per heavy atom. The van der Waals surface area contributed by atoms with Gasteiger partial charge in [-0.05, 0) is 42.3 Å². The van der Waals surface area contributed by atoms with Crippen molar-refractivity contribution in [1.29, 1.82) is 0 Å². The van der Waals surface area contributed by atoms with Crippen LogP contribution in [-0.4, -0.2) is 21.8 Å². The van der Waals surface area contributed by atoms with Gasteiger partial charge in [-0.3, -0.25) is 19.9 Å². The van der Waals surface area contributed by atoms with Crippen LogP contribution in [0.15, 0.2) is 54.2 Å². The molecule has 2 amide bonds. The summed E-state index contributed by atoms with van der Waals surface area (Å²) in [7, 11) is 0. The molecule has 3 rings (SSSR count). The van der Waals surface area contributed by atoms with Gasteiger partial charge in [0, 0.05) is 41.3 Å². The van der Waals surface area contributed by atoms with Gasteiger partial charge in [-0.25, -0.2) is 4.98 Å². The number of pyridine rings is 1. The number of hydrogen-bond acceptors (Lipinski definition) is 5. The van der Waals surface area contributed by atoms with Crippen molar-refractivity contribution in [2.24, 2.45) is 0 Å². The fraction of sp³-hybridized carbons (Fsp3) is 0.158. The Kier molecular flexibility index (Phi) is 6.51. The molecule has 0 aliphatic rings. The Balaban J connectivity index is 1.45. The molecule has 0 radical (unpaired) electrons. The van der Waals surface area contributed by atoms with Gasteiger partial charge >= 0.3 is 0 Å². The maximum atomic E-state index is 12.2. The molecular formula is C19H17ClN4O2S. The maximum absolute atomic E-state index is 12.2. The highest BCUT2D eigenvalue weighted by atomic mass is 35.5. The van der Waals surface area contributed by atoms with Gasteiger partial charge in [0.05, 0.1) is 5.69 Å². The quantitative estimate of drug-likeness (QED) is 0.633. The minimum atomic E-state index is -0.248. The van der Waals surface area contributed by atoms with E-state index >= 15 is 0 Å². The minimum absolute atomic E-state index is 0.0568. The molecule has 2 aromatic heterocycles. The molecule has 27 heavy (non-hydrogen) atoms. The van der Waals surface area contributed by atoms with Gasteiger partial charge in [0.25, 0.3) is 5.91 Å². The molecule has 0 spiro atoms. The molecular weight excluding hydrogens is 384 g/mol. The Bertz CT molecular complexity index is 913. The third kappa shape index (κ3) is 5.87. The third-order valence-electron chi connectivity index (χ3n) is 3.70. The number of halogens is 1. The fourth-order valence-electron chi connectivity index (χ4n) is 2.28. The van der Waals surface area contributed by atoms with Gasteiger partial charge in [0.15, 0.2) is 5.13 Å². The fourth-order valence-corrected chi connectivity index (χ4v) is 3.15. The van der Waals surface area contributed by atoms with E-state index in [-0.39, 0.29) is 11.8 Å². The Hall–Kier alpha value is -2.77. The summed E-state index contributed by atoms with van der Waals surface area (Å²) >= 11 is 7.15. The second kappa shape index (κ2) is 9.25. The number of carbonyl (C=O) groups excluding carboxylic acids is 2. The summed E-state index contributed by atoms with van der Waals surface area (Å²) < 4.78 is 0. The van der Waals surface area contributed by atoms with E-state index in [1.54, 1.807) is 36.7 Å². The summed E-state index contributed by atoms with van der Waals surface area (Å²) in [5.74, 6) is -0.305. The summed E-state index contributed by atoms with van der Waals surface area (Å²) in [6, 6.07) is 10.4. The standard InChI is InChI=1S/C19H17ClN4O2S/c20-15-5-3-14(4-6-15)18(26)24-19-23-16(12-27-19)7-8-17(25)22-11-13-2-1-9-21-10-13/h1-6,9-10,12H,7-8,11H2,(H,22,25)(H,23,24,26). The highest BCUT2D eigenvalue weighted by molar-refractivity contribution is 7.14. The SMILES string of the molecule is O=C(CCc1csc(NC(=O)c2ccc(Cl)cc2)n1)NCc1cccnc1. The molecule has 0 aliphatic heterocycles. The van der Waals surface area contributed by atoms with Gasteiger partial charge in [0.2, 0.25) is 5.91 Å². The lowest BCUT2D eigenvalue weighted by molar-refractivity contribution is -0.121. The first kappa shape index (κ1) is 19.0. The van der Waals surface area contributed by atoms with E-state index in [1.165, 1.54) is 11.3 Å². The molecule has 8 heteroatoms. The van der Waals surface area contributed by atoms with Crippen LogP contribution < -0.4 is 10.6 Å². The number of aryl methyl sites for hydroxylation is 1. The van der Waals surface area contributed by atoms with Crippen molar-refractivity contribution >= 4 is 39.9 Å². The molecule has 0 saturated carbocycles. The number of aromatic nitrogens is 2. The lowest BCUT2D eigenvalue weighted by Gasteiger charge is -2.04. The topological polar surface area (TPSA) is 84.0 Å². The predicted octanol–water partition coefficient (Wildman–Crippen LogP) is 3.69. The smallest absolute Gasteiger partial charge is 0.257 e. The van der Waals surface area contributed by atoms with Crippen molar-refractivity contribution in [3.8, 4) is 0 Å². The number of anilines is 1. The first-order chi connectivity index (χ1) is 13.1. The monoisotopic (exact) mass is 400 g/mol. The molecule has 0 bridgehead atoms. The summed E-state index contributed by atoms with van der Waals surface area (Å²) in [5.41, 5.74) is 2.22. The van der Waals surface area contributed by atoms with E-state index in [0.29, 0.717) is 35.1 Å². The third-order valence-corrected chi connectivity index (χ3v) is 4.76. The molecule has 2 N–H and O–H groups in total. The second-order valence-corrected chi connectivity index (χ2v) is 7.04. The highest BCUT2D eigenvalue weighted by Gasteiger charge is 2.10. The lowest BCUT2D eigenvalue weighted by atomic mass is 10.2. The number of hydrogen-bond donors (Lipinski definition) is 2. The molecule has 0 unspecified atom stereocenters. The number of carbonyl (C=O) groups is 2. The van der Waals surface area contributed by atoms with Crippen LogP contribution in [0.2, 0.25) is 5.02 Å².